The lowest BCUT2D eigenvalue weighted by atomic mass is 10.1. The molecule has 0 aliphatic rings. The Balaban J connectivity index is 0.00000162. The summed E-state index contributed by atoms with van der Waals surface area (Å²) in [5.74, 6) is 0. The lowest BCUT2D eigenvalue weighted by molar-refractivity contribution is -0.688. The zero-order valence-electron chi connectivity index (χ0n) is 18.9. The Hall–Kier alpha value is -2.96. The molecule has 0 saturated carbocycles. The van der Waals surface area contributed by atoms with Gasteiger partial charge in [0.2, 0.25) is 12.7 Å². The average molecular weight is 580 g/mol. The largest absolute Gasteiger partial charge is 1.00 e. The second-order valence-corrected chi connectivity index (χ2v) is 8.30. The standard InChI is InChI=1S/C28H28N4.2BrH/c1-3-7-25(8-4-1)19-29-15-17-31(23-29)21-27-11-13-28(14-12-27)22-32-18-16-30(24-32)20-26-9-5-2-6-10-26;;/h1-18,23-24H,19-22H2;2*1H/q+2;;/p-2. The van der Waals surface area contributed by atoms with Crippen molar-refractivity contribution in [3.05, 3.63) is 145 Å². The Bertz CT molecular complexity index is 1160. The molecule has 4 nitrogen and oxygen atoms in total. The van der Waals surface area contributed by atoms with E-state index in [0.29, 0.717) is 0 Å². The molecule has 0 bridgehead atoms. The van der Waals surface area contributed by atoms with E-state index in [2.05, 4.69) is 141 Å². The monoisotopic (exact) mass is 578 g/mol. The molecule has 174 valence electrons. The van der Waals surface area contributed by atoms with Gasteiger partial charge in [0.15, 0.2) is 0 Å². The Morgan fingerprint density at radius 1 is 0.471 bits per heavy atom. The first-order chi connectivity index (χ1) is 15.8. The Labute approximate surface area is 222 Å². The van der Waals surface area contributed by atoms with Gasteiger partial charge in [0.1, 0.15) is 51.0 Å². The van der Waals surface area contributed by atoms with Gasteiger partial charge in [0.05, 0.1) is 0 Å². The Morgan fingerprint density at radius 3 is 1.24 bits per heavy atom. The highest BCUT2D eigenvalue weighted by Gasteiger charge is 2.08. The van der Waals surface area contributed by atoms with Gasteiger partial charge in [-0.15, -0.1) is 0 Å². The van der Waals surface area contributed by atoms with Crippen LogP contribution in [0.3, 0.4) is 0 Å². The fourth-order valence-corrected chi connectivity index (χ4v) is 4.01. The molecule has 0 unspecified atom stereocenters. The van der Waals surface area contributed by atoms with Gasteiger partial charge in [-0.05, 0) is 22.3 Å². The zero-order valence-corrected chi connectivity index (χ0v) is 22.1. The first-order valence-corrected chi connectivity index (χ1v) is 11.1. The summed E-state index contributed by atoms with van der Waals surface area (Å²) in [4.78, 5) is 0. The number of imidazole rings is 2. The minimum atomic E-state index is 0. The zero-order chi connectivity index (χ0) is 21.6. The average Bonchev–Trinajstić information content (AvgIpc) is 3.46. The third-order valence-electron chi connectivity index (χ3n) is 5.66. The summed E-state index contributed by atoms with van der Waals surface area (Å²) < 4.78 is 8.91. The SMILES string of the molecule is [Br-].[Br-].c1ccc(C[n+]2ccn(Cc3ccc(Cn4cc[n+](Cc5ccccc5)c4)cc3)c2)cc1. The van der Waals surface area contributed by atoms with Crippen LogP contribution in [0.5, 0.6) is 0 Å². The van der Waals surface area contributed by atoms with Gasteiger partial charge in [0, 0.05) is 0 Å². The number of benzene rings is 3. The summed E-state index contributed by atoms with van der Waals surface area (Å²) in [5.41, 5.74) is 5.25. The van der Waals surface area contributed by atoms with Crippen LogP contribution >= 0.6 is 0 Å². The van der Waals surface area contributed by atoms with E-state index < -0.39 is 0 Å². The highest BCUT2D eigenvalue weighted by Crippen LogP contribution is 2.08. The summed E-state index contributed by atoms with van der Waals surface area (Å²) >= 11 is 0. The van der Waals surface area contributed by atoms with Crippen molar-refractivity contribution in [3.8, 4) is 0 Å². The molecule has 0 atom stereocenters. The summed E-state index contributed by atoms with van der Waals surface area (Å²) in [6.45, 7) is 3.55. The van der Waals surface area contributed by atoms with Crippen LogP contribution < -0.4 is 43.1 Å². The molecule has 0 amide bonds. The quantitative estimate of drug-likeness (QED) is 0.191. The van der Waals surface area contributed by atoms with Gasteiger partial charge in [-0.3, -0.25) is 0 Å². The lowest BCUT2D eigenvalue weighted by Gasteiger charge is -2.02. The predicted molar refractivity (Wildman–Crippen MR) is 125 cm³/mol. The smallest absolute Gasteiger partial charge is 0.244 e. The normalized spacial score (nSPS) is 10.4. The number of hydrogen-bond donors (Lipinski definition) is 0. The summed E-state index contributed by atoms with van der Waals surface area (Å²) in [6, 6.07) is 30.1. The van der Waals surface area contributed by atoms with E-state index in [0.717, 1.165) is 26.2 Å². The van der Waals surface area contributed by atoms with Gasteiger partial charge in [-0.25, -0.2) is 18.3 Å². The van der Waals surface area contributed by atoms with Gasteiger partial charge in [0.25, 0.3) is 0 Å². The van der Waals surface area contributed by atoms with Crippen LogP contribution in [0.15, 0.2) is 122 Å². The highest BCUT2D eigenvalue weighted by molar-refractivity contribution is 5.23. The van der Waals surface area contributed by atoms with Crippen LogP contribution in [0, 0.1) is 0 Å². The molecule has 0 saturated heterocycles. The molecule has 0 aliphatic heterocycles. The van der Waals surface area contributed by atoms with Gasteiger partial charge >= 0.3 is 0 Å². The van der Waals surface area contributed by atoms with E-state index in [1.54, 1.807) is 0 Å². The number of aromatic nitrogens is 4. The van der Waals surface area contributed by atoms with Crippen LogP contribution in [-0.4, -0.2) is 9.13 Å². The second kappa shape index (κ2) is 12.5. The molecule has 3 aromatic carbocycles. The first kappa shape index (κ1) is 25.7. The fraction of sp³-hybridized carbons (Fsp3) is 0.143. The van der Waals surface area contributed by atoms with Crippen molar-refractivity contribution in [1.82, 2.24) is 9.13 Å². The van der Waals surface area contributed by atoms with Crippen LogP contribution in [0.25, 0.3) is 0 Å². The minimum Gasteiger partial charge on any atom is -1.00 e. The van der Waals surface area contributed by atoms with E-state index in [4.69, 9.17) is 0 Å². The summed E-state index contributed by atoms with van der Waals surface area (Å²) in [6.07, 6.45) is 12.9. The van der Waals surface area contributed by atoms with Crippen molar-refractivity contribution in [3.63, 3.8) is 0 Å². The van der Waals surface area contributed by atoms with Crippen LogP contribution in [0.1, 0.15) is 22.3 Å². The third kappa shape index (κ3) is 7.02. The van der Waals surface area contributed by atoms with Crippen molar-refractivity contribution in [1.29, 1.82) is 0 Å². The number of nitrogens with zero attached hydrogens (tertiary/aromatic N) is 4. The maximum Gasteiger partial charge on any atom is 0.244 e. The van der Waals surface area contributed by atoms with E-state index in [1.807, 2.05) is 0 Å². The molecule has 0 spiro atoms. The molecule has 0 aliphatic carbocycles. The molecule has 0 N–H and O–H groups in total. The molecule has 2 heterocycles. The van der Waals surface area contributed by atoms with Crippen LogP contribution in [0.2, 0.25) is 0 Å². The minimum absolute atomic E-state index is 0. The van der Waals surface area contributed by atoms with E-state index in [9.17, 15) is 0 Å². The van der Waals surface area contributed by atoms with Gasteiger partial charge in [-0.1, -0.05) is 84.9 Å². The van der Waals surface area contributed by atoms with E-state index in [1.165, 1.54) is 22.3 Å². The number of hydrogen-bond acceptors (Lipinski definition) is 0. The molecule has 34 heavy (non-hydrogen) atoms. The fourth-order valence-electron chi connectivity index (χ4n) is 4.01. The first-order valence-electron chi connectivity index (χ1n) is 11.1. The molecule has 5 rings (SSSR count). The molecule has 6 heteroatoms. The highest BCUT2D eigenvalue weighted by atomic mass is 79.9. The molecule has 0 radical (unpaired) electrons. The van der Waals surface area contributed by atoms with Crippen molar-refractivity contribution in [2.45, 2.75) is 26.2 Å². The molecule has 0 fully saturated rings. The molecular weight excluding hydrogens is 552 g/mol. The maximum absolute atomic E-state index is 2.23. The van der Waals surface area contributed by atoms with Crippen LogP contribution in [0.4, 0.5) is 0 Å². The van der Waals surface area contributed by atoms with Crippen molar-refractivity contribution in [2.24, 2.45) is 0 Å². The Morgan fingerprint density at radius 2 is 0.853 bits per heavy atom. The number of rotatable bonds is 8. The van der Waals surface area contributed by atoms with Crippen molar-refractivity contribution in [2.75, 3.05) is 0 Å². The third-order valence-corrected chi connectivity index (χ3v) is 5.66. The van der Waals surface area contributed by atoms with Crippen molar-refractivity contribution >= 4 is 0 Å². The lowest BCUT2D eigenvalue weighted by Crippen LogP contribution is -3.00. The molecular formula is C28H28Br2N4. The maximum atomic E-state index is 2.23. The summed E-state index contributed by atoms with van der Waals surface area (Å²) in [5, 5.41) is 0. The van der Waals surface area contributed by atoms with E-state index in [-0.39, 0.29) is 34.0 Å². The van der Waals surface area contributed by atoms with Crippen molar-refractivity contribution < 1.29 is 43.1 Å². The molecule has 5 aromatic rings. The van der Waals surface area contributed by atoms with E-state index >= 15 is 0 Å². The summed E-state index contributed by atoms with van der Waals surface area (Å²) in [7, 11) is 0. The second-order valence-electron chi connectivity index (χ2n) is 8.30. The predicted octanol–water partition coefficient (Wildman–Crippen LogP) is -1.93. The van der Waals surface area contributed by atoms with Gasteiger partial charge in [-0.2, -0.15) is 0 Å². The topological polar surface area (TPSA) is 17.6 Å². The Kier molecular flexibility index (Phi) is 9.42. The van der Waals surface area contributed by atoms with Crippen LogP contribution in [-0.2, 0) is 26.2 Å². The number of halogens is 2. The molecule has 2 aromatic heterocycles. The van der Waals surface area contributed by atoms with Gasteiger partial charge < -0.3 is 34.0 Å².